The van der Waals surface area contributed by atoms with Gasteiger partial charge >= 0.3 is 0 Å². The van der Waals surface area contributed by atoms with Gasteiger partial charge < -0.3 is 0 Å². The van der Waals surface area contributed by atoms with Gasteiger partial charge in [0, 0.05) is 5.92 Å². The minimum absolute atomic E-state index is 0.467. The summed E-state index contributed by atoms with van der Waals surface area (Å²) in [6, 6.07) is 4.62. The van der Waals surface area contributed by atoms with Gasteiger partial charge in [-0.3, -0.25) is 0 Å². The second kappa shape index (κ2) is 3.12. The molecule has 0 amide bonds. The summed E-state index contributed by atoms with van der Waals surface area (Å²) in [5.74, 6) is 1.30. The molecule has 0 aromatic carbocycles. The zero-order valence-electron chi connectivity index (χ0n) is 7.97. The van der Waals surface area contributed by atoms with E-state index in [4.69, 9.17) is 0 Å². The Balaban J connectivity index is 1.97. The minimum Gasteiger partial charge on any atom is -0.219 e. The lowest BCUT2D eigenvalue weighted by Crippen LogP contribution is -1.99. The normalized spacial score (nSPS) is 15.5. The van der Waals surface area contributed by atoms with E-state index in [1.807, 2.05) is 0 Å². The van der Waals surface area contributed by atoms with Crippen molar-refractivity contribution in [1.29, 1.82) is 0 Å². The molecule has 2 heterocycles. The van der Waals surface area contributed by atoms with Crippen molar-refractivity contribution in [1.82, 2.24) is 19.7 Å². The summed E-state index contributed by atoms with van der Waals surface area (Å²) in [4.78, 5) is 7.90. The molecule has 76 valence electrons. The van der Waals surface area contributed by atoms with Gasteiger partial charge in [-0.25, -0.2) is 14.6 Å². The predicted octanol–water partition coefficient (Wildman–Crippen LogP) is 1.68. The van der Waals surface area contributed by atoms with Gasteiger partial charge in [-0.15, -0.1) is 5.10 Å². The Morgan fingerprint density at radius 3 is 2.93 bits per heavy atom. The third-order valence-electron chi connectivity index (χ3n) is 2.39. The molecular formula is C10H9FN4. The van der Waals surface area contributed by atoms with E-state index in [0.29, 0.717) is 11.7 Å². The molecule has 1 aliphatic rings. The maximum Gasteiger partial charge on any atom is 0.214 e. The Kier molecular flexibility index (Phi) is 1.77. The molecule has 2 aromatic rings. The third kappa shape index (κ3) is 1.60. The first kappa shape index (κ1) is 8.52. The van der Waals surface area contributed by atoms with Gasteiger partial charge in [0.25, 0.3) is 0 Å². The first-order chi connectivity index (χ1) is 7.33. The van der Waals surface area contributed by atoms with Crippen LogP contribution in [0.4, 0.5) is 4.39 Å². The van der Waals surface area contributed by atoms with Crippen LogP contribution in [0.15, 0.2) is 24.5 Å². The van der Waals surface area contributed by atoms with Crippen molar-refractivity contribution >= 4 is 0 Å². The Hall–Kier alpha value is -1.78. The number of aromatic nitrogens is 4. The summed E-state index contributed by atoms with van der Waals surface area (Å²) in [7, 11) is 0. The van der Waals surface area contributed by atoms with E-state index in [2.05, 4.69) is 15.1 Å². The van der Waals surface area contributed by atoms with E-state index in [1.54, 1.807) is 18.5 Å². The molecule has 3 rings (SSSR count). The number of halogens is 1. The van der Waals surface area contributed by atoms with Crippen molar-refractivity contribution < 1.29 is 4.39 Å². The van der Waals surface area contributed by atoms with Crippen LogP contribution in [0.5, 0.6) is 0 Å². The zero-order valence-corrected chi connectivity index (χ0v) is 7.97. The minimum atomic E-state index is -0.504. The van der Waals surface area contributed by atoms with Gasteiger partial charge in [-0.2, -0.15) is 4.39 Å². The van der Waals surface area contributed by atoms with Crippen LogP contribution in [0.2, 0.25) is 0 Å². The smallest absolute Gasteiger partial charge is 0.214 e. The molecule has 0 bridgehead atoms. The second-order valence-electron chi connectivity index (χ2n) is 3.64. The second-order valence-corrected chi connectivity index (χ2v) is 3.64. The third-order valence-corrected chi connectivity index (χ3v) is 2.39. The number of nitrogens with zero attached hydrogens (tertiary/aromatic N) is 4. The van der Waals surface area contributed by atoms with Crippen LogP contribution in [0.25, 0.3) is 5.82 Å². The first-order valence-electron chi connectivity index (χ1n) is 4.87. The molecule has 4 nitrogen and oxygen atoms in total. The molecule has 0 N–H and O–H groups in total. The fourth-order valence-corrected chi connectivity index (χ4v) is 1.44. The number of hydrogen-bond donors (Lipinski definition) is 0. The highest BCUT2D eigenvalue weighted by molar-refractivity contribution is 5.20. The van der Waals surface area contributed by atoms with Crippen LogP contribution < -0.4 is 0 Å². The Morgan fingerprint density at radius 2 is 2.20 bits per heavy atom. The highest BCUT2D eigenvalue weighted by Gasteiger charge is 2.27. The molecule has 5 heteroatoms. The summed E-state index contributed by atoms with van der Waals surface area (Å²) in [5, 5.41) is 4.26. The van der Waals surface area contributed by atoms with Crippen LogP contribution in [0, 0.1) is 5.95 Å². The molecule has 0 aliphatic heterocycles. The van der Waals surface area contributed by atoms with Gasteiger partial charge in [0.05, 0.1) is 0 Å². The van der Waals surface area contributed by atoms with Crippen LogP contribution in [0.1, 0.15) is 24.6 Å². The molecule has 0 saturated heterocycles. The quantitative estimate of drug-likeness (QED) is 0.699. The monoisotopic (exact) mass is 204 g/mol. The number of rotatable bonds is 2. The molecule has 1 aliphatic carbocycles. The topological polar surface area (TPSA) is 43.6 Å². The van der Waals surface area contributed by atoms with Crippen molar-refractivity contribution in [3.8, 4) is 5.82 Å². The van der Waals surface area contributed by atoms with Crippen molar-refractivity contribution in [3.63, 3.8) is 0 Å². The standard InChI is InChI=1S/C10H9FN4/c11-8-2-1-3-9(13-8)15-6-12-10(14-15)7-4-5-7/h1-3,6-7H,4-5H2. The predicted molar refractivity (Wildman–Crippen MR) is 51.1 cm³/mol. The fraction of sp³-hybridized carbons (Fsp3) is 0.300. The van der Waals surface area contributed by atoms with Crippen molar-refractivity contribution in [3.05, 3.63) is 36.3 Å². The van der Waals surface area contributed by atoms with Crippen LogP contribution in [-0.4, -0.2) is 19.7 Å². The van der Waals surface area contributed by atoms with Crippen molar-refractivity contribution in [2.45, 2.75) is 18.8 Å². The average molecular weight is 204 g/mol. The van der Waals surface area contributed by atoms with Gasteiger partial charge in [0.1, 0.15) is 6.33 Å². The Labute approximate surface area is 85.8 Å². The first-order valence-corrected chi connectivity index (χ1v) is 4.87. The Morgan fingerprint density at radius 1 is 1.33 bits per heavy atom. The lowest BCUT2D eigenvalue weighted by Gasteiger charge is -1.97. The summed E-state index contributed by atoms with van der Waals surface area (Å²) in [6.07, 6.45) is 3.89. The highest BCUT2D eigenvalue weighted by Crippen LogP contribution is 2.37. The van der Waals surface area contributed by atoms with Gasteiger partial charge in [0.15, 0.2) is 11.6 Å². The lowest BCUT2D eigenvalue weighted by molar-refractivity contribution is 0.577. The zero-order chi connectivity index (χ0) is 10.3. The number of pyridine rings is 1. The summed E-state index contributed by atoms with van der Waals surface area (Å²) in [5.41, 5.74) is 0. The molecular weight excluding hydrogens is 195 g/mol. The maximum atomic E-state index is 12.9. The van der Waals surface area contributed by atoms with Gasteiger partial charge in [0.2, 0.25) is 5.95 Å². The molecule has 1 saturated carbocycles. The van der Waals surface area contributed by atoms with E-state index in [1.165, 1.54) is 10.7 Å². The van der Waals surface area contributed by atoms with E-state index >= 15 is 0 Å². The maximum absolute atomic E-state index is 12.9. The van der Waals surface area contributed by atoms with Crippen LogP contribution >= 0.6 is 0 Å². The molecule has 0 atom stereocenters. The van der Waals surface area contributed by atoms with E-state index in [-0.39, 0.29) is 0 Å². The van der Waals surface area contributed by atoms with Crippen molar-refractivity contribution in [2.75, 3.05) is 0 Å². The van der Waals surface area contributed by atoms with E-state index in [0.717, 1.165) is 18.7 Å². The molecule has 0 unspecified atom stereocenters. The largest absolute Gasteiger partial charge is 0.219 e. The fourth-order valence-electron chi connectivity index (χ4n) is 1.44. The van der Waals surface area contributed by atoms with E-state index < -0.39 is 5.95 Å². The molecule has 0 spiro atoms. The van der Waals surface area contributed by atoms with Gasteiger partial charge in [-0.1, -0.05) is 6.07 Å². The van der Waals surface area contributed by atoms with Crippen molar-refractivity contribution in [2.24, 2.45) is 0 Å². The lowest BCUT2D eigenvalue weighted by atomic mass is 10.4. The molecule has 15 heavy (non-hydrogen) atoms. The molecule has 1 fully saturated rings. The molecule has 0 radical (unpaired) electrons. The van der Waals surface area contributed by atoms with Crippen LogP contribution in [0.3, 0.4) is 0 Å². The summed E-state index contributed by atoms with van der Waals surface area (Å²) < 4.78 is 14.4. The summed E-state index contributed by atoms with van der Waals surface area (Å²) in [6.45, 7) is 0. The highest BCUT2D eigenvalue weighted by atomic mass is 19.1. The molecule has 2 aromatic heterocycles. The van der Waals surface area contributed by atoms with E-state index in [9.17, 15) is 4.39 Å². The Bertz CT molecular complexity index is 490. The number of hydrogen-bond acceptors (Lipinski definition) is 3. The average Bonchev–Trinajstić information content (AvgIpc) is 2.97. The van der Waals surface area contributed by atoms with Crippen LogP contribution in [-0.2, 0) is 0 Å². The summed E-state index contributed by atoms with van der Waals surface area (Å²) >= 11 is 0. The SMILES string of the molecule is Fc1cccc(-n2cnc(C3CC3)n2)n1. The van der Waals surface area contributed by atoms with Gasteiger partial charge in [-0.05, 0) is 25.0 Å².